The first kappa shape index (κ1) is 18.8. The molecule has 0 aliphatic heterocycles. The average molecular weight is 363 g/mol. The Morgan fingerprint density at radius 1 is 1.11 bits per heavy atom. The van der Waals surface area contributed by atoms with Gasteiger partial charge in [-0.3, -0.25) is 9.78 Å². The molecule has 0 aliphatic rings. The topological polar surface area (TPSA) is 64.1 Å². The van der Waals surface area contributed by atoms with Crippen LogP contribution in [0.4, 0.5) is 0 Å². The Hall–Kier alpha value is -2.95. The zero-order valence-corrected chi connectivity index (χ0v) is 16.2. The summed E-state index contributed by atoms with van der Waals surface area (Å²) in [4.78, 5) is 21.4. The molecule has 0 spiro atoms. The Morgan fingerprint density at radius 3 is 2.44 bits per heavy atom. The van der Waals surface area contributed by atoms with Crippen LogP contribution < -0.4 is 10.1 Å². The number of aromatic nitrogens is 2. The standard InChI is InChI=1S/C22H25N3O2/c1-5-22(3,4)25-21(26)15(2)27-17-12-10-16(11-13-17)20-14-23-18-8-6-7-9-19(18)24-20/h6-15H,5H2,1-4H3,(H,25,26)/t15-/m0/s1. The Morgan fingerprint density at radius 2 is 1.78 bits per heavy atom. The maximum atomic E-state index is 12.3. The first-order valence-electron chi connectivity index (χ1n) is 9.19. The van der Waals surface area contributed by atoms with Crippen molar-refractivity contribution in [1.29, 1.82) is 0 Å². The lowest BCUT2D eigenvalue weighted by molar-refractivity contribution is -0.128. The number of para-hydroxylation sites is 2. The number of amides is 1. The molecule has 3 rings (SSSR count). The number of nitrogens with one attached hydrogen (secondary N) is 1. The summed E-state index contributed by atoms with van der Waals surface area (Å²) in [6.45, 7) is 7.79. The number of ether oxygens (including phenoxy) is 1. The minimum absolute atomic E-state index is 0.119. The third kappa shape index (κ3) is 4.61. The largest absolute Gasteiger partial charge is 0.481 e. The summed E-state index contributed by atoms with van der Waals surface area (Å²) in [7, 11) is 0. The molecule has 0 saturated heterocycles. The molecule has 0 bridgehead atoms. The van der Waals surface area contributed by atoms with Gasteiger partial charge in [0.05, 0.1) is 22.9 Å². The SMILES string of the molecule is CCC(C)(C)NC(=O)[C@H](C)Oc1ccc(-c2cnc3ccccc3n2)cc1. The van der Waals surface area contributed by atoms with Gasteiger partial charge in [0.15, 0.2) is 6.10 Å². The number of benzene rings is 2. The Balaban J connectivity index is 1.70. The summed E-state index contributed by atoms with van der Waals surface area (Å²) in [6.07, 6.45) is 2.05. The number of hydrogen-bond acceptors (Lipinski definition) is 4. The minimum atomic E-state index is -0.567. The van der Waals surface area contributed by atoms with Gasteiger partial charge in [-0.2, -0.15) is 0 Å². The predicted molar refractivity (Wildman–Crippen MR) is 108 cm³/mol. The maximum Gasteiger partial charge on any atom is 0.261 e. The number of carbonyl (C=O) groups is 1. The lowest BCUT2D eigenvalue weighted by atomic mass is 10.0. The van der Waals surface area contributed by atoms with Gasteiger partial charge in [-0.05, 0) is 63.6 Å². The highest BCUT2D eigenvalue weighted by Gasteiger charge is 2.22. The van der Waals surface area contributed by atoms with Gasteiger partial charge in [0.25, 0.3) is 5.91 Å². The van der Waals surface area contributed by atoms with Crippen LogP contribution in [-0.4, -0.2) is 27.5 Å². The van der Waals surface area contributed by atoms with Gasteiger partial charge in [0.1, 0.15) is 5.75 Å². The zero-order valence-electron chi connectivity index (χ0n) is 16.2. The molecule has 1 N–H and O–H groups in total. The predicted octanol–water partition coefficient (Wildman–Crippen LogP) is 4.37. The maximum absolute atomic E-state index is 12.3. The van der Waals surface area contributed by atoms with E-state index in [-0.39, 0.29) is 11.4 Å². The van der Waals surface area contributed by atoms with Gasteiger partial charge in [-0.15, -0.1) is 0 Å². The quantitative estimate of drug-likeness (QED) is 0.706. The first-order valence-corrected chi connectivity index (χ1v) is 9.19. The van der Waals surface area contributed by atoms with E-state index >= 15 is 0 Å². The lowest BCUT2D eigenvalue weighted by Gasteiger charge is -2.26. The Labute approximate surface area is 159 Å². The van der Waals surface area contributed by atoms with Crippen LogP contribution in [0.1, 0.15) is 34.1 Å². The van der Waals surface area contributed by atoms with Gasteiger partial charge in [0.2, 0.25) is 0 Å². The molecule has 1 heterocycles. The van der Waals surface area contributed by atoms with Crippen LogP contribution in [-0.2, 0) is 4.79 Å². The van der Waals surface area contributed by atoms with Crippen LogP contribution in [0.15, 0.2) is 54.7 Å². The van der Waals surface area contributed by atoms with Gasteiger partial charge in [-0.1, -0.05) is 19.1 Å². The lowest BCUT2D eigenvalue weighted by Crippen LogP contribution is -2.48. The second kappa shape index (κ2) is 7.74. The van der Waals surface area contributed by atoms with Crippen LogP contribution in [0.2, 0.25) is 0 Å². The van der Waals surface area contributed by atoms with E-state index in [2.05, 4.69) is 15.3 Å². The highest BCUT2D eigenvalue weighted by Crippen LogP contribution is 2.22. The van der Waals surface area contributed by atoms with Crippen LogP contribution in [0.5, 0.6) is 5.75 Å². The third-order valence-electron chi connectivity index (χ3n) is 4.63. The van der Waals surface area contributed by atoms with Crippen molar-refractivity contribution in [2.45, 2.75) is 45.8 Å². The van der Waals surface area contributed by atoms with Crippen molar-refractivity contribution in [2.75, 3.05) is 0 Å². The molecule has 0 saturated carbocycles. The van der Waals surface area contributed by atoms with Gasteiger partial charge < -0.3 is 10.1 Å². The molecule has 1 atom stereocenters. The monoisotopic (exact) mass is 363 g/mol. The van der Waals surface area contributed by atoms with E-state index in [9.17, 15) is 4.79 Å². The number of hydrogen-bond donors (Lipinski definition) is 1. The number of carbonyl (C=O) groups excluding carboxylic acids is 1. The summed E-state index contributed by atoms with van der Waals surface area (Å²) in [5.74, 6) is 0.524. The van der Waals surface area contributed by atoms with Crippen molar-refractivity contribution in [3.05, 3.63) is 54.7 Å². The second-order valence-electron chi connectivity index (χ2n) is 7.26. The van der Waals surface area contributed by atoms with Gasteiger partial charge in [-0.25, -0.2) is 4.98 Å². The fourth-order valence-electron chi connectivity index (χ4n) is 2.58. The molecule has 0 radical (unpaired) electrons. The van der Waals surface area contributed by atoms with E-state index < -0.39 is 6.10 Å². The molecule has 0 fully saturated rings. The zero-order chi connectivity index (χ0) is 19.4. The van der Waals surface area contributed by atoms with Crippen molar-refractivity contribution in [3.8, 4) is 17.0 Å². The molecule has 1 aromatic heterocycles. The van der Waals surface area contributed by atoms with E-state index in [1.54, 1.807) is 13.1 Å². The molecular weight excluding hydrogens is 338 g/mol. The summed E-state index contributed by atoms with van der Waals surface area (Å²) in [6, 6.07) is 15.3. The molecule has 3 aromatic rings. The first-order chi connectivity index (χ1) is 12.9. The van der Waals surface area contributed by atoms with Crippen LogP contribution >= 0.6 is 0 Å². The second-order valence-corrected chi connectivity index (χ2v) is 7.26. The fraction of sp³-hybridized carbons (Fsp3) is 0.318. The number of rotatable bonds is 6. The normalized spacial score (nSPS) is 12.6. The van der Waals surface area contributed by atoms with E-state index in [1.807, 2.05) is 69.3 Å². The van der Waals surface area contributed by atoms with Crippen molar-refractivity contribution in [1.82, 2.24) is 15.3 Å². The molecule has 0 aliphatic carbocycles. The Bertz CT molecular complexity index is 936. The smallest absolute Gasteiger partial charge is 0.261 e. The molecule has 0 unspecified atom stereocenters. The summed E-state index contributed by atoms with van der Waals surface area (Å²) < 4.78 is 5.78. The van der Waals surface area contributed by atoms with Crippen molar-refractivity contribution < 1.29 is 9.53 Å². The highest BCUT2D eigenvalue weighted by atomic mass is 16.5. The average Bonchev–Trinajstić information content (AvgIpc) is 2.68. The number of fused-ring (bicyclic) bond motifs is 1. The summed E-state index contributed by atoms with van der Waals surface area (Å²) >= 11 is 0. The Kier molecular flexibility index (Phi) is 5.40. The van der Waals surface area contributed by atoms with Gasteiger partial charge in [0, 0.05) is 11.1 Å². The third-order valence-corrected chi connectivity index (χ3v) is 4.63. The molecule has 2 aromatic carbocycles. The van der Waals surface area contributed by atoms with Crippen molar-refractivity contribution in [2.24, 2.45) is 0 Å². The highest BCUT2D eigenvalue weighted by molar-refractivity contribution is 5.81. The molecule has 1 amide bonds. The molecule has 5 heteroatoms. The molecule has 5 nitrogen and oxygen atoms in total. The van der Waals surface area contributed by atoms with E-state index in [1.165, 1.54) is 0 Å². The van der Waals surface area contributed by atoms with Crippen LogP contribution in [0.3, 0.4) is 0 Å². The van der Waals surface area contributed by atoms with Crippen LogP contribution in [0.25, 0.3) is 22.3 Å². The number of nitrogens with zero attached hydrogens (tertiary/aromatic N) is 2. The molecular formula is C22H25N3O2. The van der Waals surface area contributed by atoms with Gasteiger partial charge >= 0.3 is 0 Å². The summed E-state index contributed by atoms with van der Waals surface area (Å²) in [5.41, 5.74) is 3.24. The van der Waals surface area contributed by atoms with E-state index in [0.717, 1.165) is 28.7 Å². The van der Waals surface area contributed by atoms with E-state index in [0.29, 0.717) is 5.75 Å². The fourth-order valence-corrected chi connectivity index (χ4v) is 2.58. The minimum Gasteiger partial charge on any atom is -0.481 e. The van der Waals surface area contributed by atoms with E-state index in [4.69, 9.17) is 4.74 Å². The molecule has 140 valence electrons. The van der Waals surface area contributed by atoms with Crippen molar-refractivity contribution in [3.63, 3.8) is 0 Å². The van der Waals surface area contributed by atoms with Crippen molar-refractivity contribution >= 4 is 16.9 Å². The van der Waals surface area contributed by atoms with Crippen LogP contribution in [0, 0.1) is 0 Å². The molecule has 27 heavy (non-hydrogen) atoms. The summed E-state index contributed by atoms with van der Waals surface area (Å²) in [5, 5.41) is 3.00.